The molecule has 178 valence electrons. The summed E-state index contributed by atoms with van der Waals surface area (Å²) in [6.45, 7) is 11.0. The number of likely N-dealkylation sites (tertiary alicyclic amines) is 1. The number of carboxylic acids is 1. The van der Waals surface area contributed by atoms with E-state index in [9.17, 15) is 24.6 Å². The summed E-state index contributed by atoms with van der Waals surface area (Å²) >= 11 is 0. The molecule has 0 aromatic rings. The summed E-state index contributed by atoms with van der Waals surface area (Å²) in [5.74, 6) is -1.94. The zero-order valence-corrected chi connectivity index (χ0v) is 19.3. The van der Waals surface area contributed by atoms with Crippen LogP contribution < -0.4 is 5.32 Å². The van der Waals surface area contributed by atoms with Gasteiger partial charge in [0.1, 0.15) is 17.7 Å². The number of carbonyl (C=O) groups is 3. The van der Waals surface area contributed by atoms with Crippen LogP contribution in [0.25, 0.3) is 0 Å². The molecule has 0 radical (unpaired) electrons. The molecule has 1 unspecified atom stereocenters. The number of β-amino-alcohol motifs (C(OH)–C–C–N with tert-alkyl or cyclic N) is 1. The Morgan fingerprint density at radius 3 is 2.48 bits per heavy atom. The molecule has 0 aromatic carbocycles. The fourth-order valence-corrected chi connectivity index (χ4v) is 3.84. The predicted octanol–water partition coefficient (Wildman–Crippen LogP) is 2.18. The average Bonchev–Trinajstić information content (AvgIpc) is 3.04. The van der Waals surface area contributed by atoms with E-state index in [4.69, 9.17) is 9.47 Å². The number of carbonyl (C=O) groups excluding carboxylic acids is 2. The number of amides is 2. The van der Waals surface area contributed by atoms with E-state index in [2.05, 4.69) is 11.9 Å². The number of rotatable bonds is 11. The van der Waals surface area contributed by atoms with Crippen molar-refractivity contribution in [3.05, 3.63) is 12.7 Å². The number of carboxylic acid groups (broad SMARTS) is 1. The van der Waals surface area contributed by atoms with Crippen molar-refractivity contribution in [2.45, 2.75) is 77.2 Å². The lowest BCUT2D eigenvalue weighted by Crippen LogP contribution is -2.56. The molecule has 1 heterocycles. The summed E-state index contributed by atoms with van der Waals surface area (Å²) in [5.41, 5.74) is -0.765. The Balaban J connectivity index is 3.17. The lowest BCUT2D eigenvalue weighted by molar-refractivity contribution is -0.149. The zero-order chi connectivity index (χ0) is 23.8. The standard InChI is InChI=1S/C22H38N2O7/c1-7-8-9-14(2)10-15(13-30-6)18(23-21(29)31-22(3,4)5)19(26)24-12-16(25)11-17(24)20(27)28/h7,14-18,25H,1,8-13H2,2-6H3,(H,23,29)(H,27,28)/t14?,15-,16+,17-,18-/m0/s1. The van der Waals surface area contributed by atoms with E-state index >= 15 is 0 Å². The minimum absolute atomic E-state index is 0.0507. The number of hydrogen-bond acceptors (Lipinski definition) is 6. The van der Waals surface area contributed by atoms with Gasteiger partial charge in [-0.25, -0.2) is 9.59 Å². The first kappa shape index (κ1) is 26.9. The maximum Gasteiger partial charge on any atom is 0.408 e. The van der Waals surface area contributed by atoms with Crippen molar-refractivity contribution in [3.63, 3.8) is 0 Å². The topological polar surface area (TPSA) is 125 Å². The number of allylic oxidation sites excluding steroid dienone is 1. The number of methoxy groups -OCH3 is 1. The van der Waals surface area contributed by atoms with Crippen molar-refractivity contribution in [1.82, 2.24) is 10.2 Å². The first-order valence-corrected chi connectivity index (χ1v) is 10.7. The number of alkyl carbamates (subject to hydrolysis) is 1. The van der Waals surface area contributed by atoms with Crippen molar-refractivity contribution in [2.75, 3.05) is 20.3 Å². The average molecular weight is 443 g/mol. The molecule has 1 aliphatic heterocycles. The van der Waals surface area contributed by atoms with Gasteiger partial charge in [-0.05, 0) is 46.0 Å². The predicted molar refractivity (Wildman–Crippen MR) is 115 cm³/mol. The van der Waals surface area contributed by atoms with E-state index in [1.54, 1.807) is 20.8 Å². The molecule has 3 N–H and O–H groups in total. The molecule has 0 aromatic heterocycles. The van der Waals surface area contributed by atoms with Crippen LogP contribution in [-0.4, -0.2) is 77.1 Å². The summed E-state index contributed by atoms with van der Waals surface area (Å²) in [4.78, 5) is 38.7. The first-order valence-electron chi connectivity index (χ1n) is 10.7. The molecule has 1 saturated heterocycles. The SMILES string of the molecule is C=CCCC(C)C[C@@H](COC)[C@H](NC(=O)OC(C)(C)C)C(=O)N1C[C@H](O)C[C@H]1C(=O)O. The van der Waals surface area contributed by atoms with Crippen LogP contribution in [-0.2, 0) is 19.1 Å². The third kappa shape index (κ3) is 8.86. The van der Waals surface area contributed by atoms with Crippen molar-refractivity contribution in [2.24, 2.45) is 11.8 Å². The molecule has 1 aliphatic rings. The fourth-order valence-electron chi connectivity index (χ4n) is 3.84. The second-order valence-corrected chi connectivity index (χ2v) is 9.28. The Hall–Kier alpha value is -2.13. The number of aliphatic carboxylic acids is 1. The largest absolute Gasteiger partial charge is 0.480 e. The van der Waals surface area contributed by atoms with Crippen LogP contribution in [0.5, 0.6) is 0 Å². The molecule has 1 rings (SSSR count). The van der Waals surface area contributed by atoms with Gasteiger partial charge in [-0.2, -0.15) is 0 Å². The van der Waals surface area contributed by atoms with Crippen LogP contribution >= 0.6 is 0 Å². The number of nitrogens with one attached hydrogen (secondary N) is 1. The quantitative estimate of drug-likeness (QED) is 0.419. The Morgan fingerprint density at radius 1 is 1.32 bits per heavy atom. The maximum absolute atomic E-state index is 13.4. The van der Waals surface area contributed by atoms with Gasteiger partial charge in [0.25, 0.3) is 0 Å². The maximum atomic E-state index is 13.4. The molecule has 0 aliphatic carbocycles. The molecule has 0 saturated carbocycles. The van der Waals surface area contributed by atoms with E-state index in [-0.39, 0.29) is 25.5 Å². The molecule has 2 amide bonds. The Bertz CT molecular complexity index is 632. The Morgan fingerprint density at radius 2 is 1.97 bits per heavy atom. The van der Waals surface area contributed by atoms with Crippen LogP contribution in [0.15, 0.2) is 12.7 Å². The van der Waals surface area contributed by atoms with E-state index < -0.39 is 47.7 Å². The normalized spacial score (nSPS) is 21.8. The van der Waals surface area contributed by atoms with Crippen LogP contribution in [0.4, 0.5) is 4.79 Å². The van der Waals surface area contributed by atoms with Gasteiger partial charge in [0, 0.05) is 26.0 Å². The molecule has 5 atom stereocenters. The van der Waals surface area contributed by atoms with Gasteiger partial charge in [-0.1, -0.05) is 13.0 Å². The van der Waals surface area contributed by atoms with Gasteiger partial charge >= 0.3 is 12.1 Å². The summed E-state index contributed by atoms with van der Waals surface area (Å²) in [6.07, 6.45) is 2.33. The molecule has 9 nitrogen and oxygen atoms in total. The monoisotopic (exact) mass is 442 g/mol. The highest BCUT2D eigenvalue weighted by atomic mass is 16.6. The van der Waals surface area contributed by atoms with Gasteiger partial charge in [-0.15, -0.1) is 6.58 Å². The third-order valence-corrected chi connectivity index (χ3v) is 5.21. The lowest BCUT2D eigenvalue weighted by atomic mass is 9.87. The van der Waals surface area contributed by atoms with Crippen LogP contribution in [0, 0.1) is 11.8 Å². The van der Waals surface area contributed by atoms with E-state index in [0.717, 1.165) is 17.7 Å². The minimum atomic E-state index is -1.19. The van der Waals surface area contributed by atoms with E-state index in [1.807, 2.05) is 13.0 Å². The second-order valence-electron chi connectivity index (χ2n) is 9.28. The van der Waals surface area contributed by atoms with Gasteiger partial charge in [0.2, 0.25) is 5.91 Å². The number of aliphatic hydroxyl groups is 1. The molecular formula is C22H38N2O7. The number of nitrogens with zero attached hydrogens (tertiary/aromatic N) is 1. The van der Waals surface area contributed by atoms with Crippen LogP contribution in [0.1, 0.15) is 53.4 Å². The lowest BCUT2D eigenvalue weighted by Gasteiger charge is -2.33. The van der Waals surface area contributed by atoms with Crippen molar-refractivity contribution < 1.29 is 34.1 Å². The summed E-state index contributed by atoms with van der Waals surface area (Å²) in [7, 11) is 1.51. The second kappa shape index (κ2) is 12.0. The van der Waals surface area contributed by atoms with E-state index in [1.165, 1.54) is 7.11 Å². The Kier molecular flexibility index (Phi) is 10.5. The third-order valence-electron chi connectivity index (χ3n) is 5.21. The highest BCUT2D eigenvalue weighted by Gasteiger charge is 2.44. The number of ether oxygens (including phenoxy) is 2. The van der Waals surface area contributed by atoms with Gasteiger partial charge < -0.3 is 29.9 Å². The fraction of sp³-hybridized carbons (Fsp3) is 0.773. The first-order chi connectivity index (χ1) is 14.4. The van der Waals surface area contributed by atoms with Crippen molar-refractivity contribution in [3.8, 4) is 0 Å². The molecule has 9 heteroatoms. The minimum Gasteiger partial charge on any atom is -0.480 e. The summed E-state index contributed by atoms with van der Waals surface area (Å²) < 4.78 is 10.7. The zero-order valence-electron chi connectivity index (χ0n) is 19.3. The molecule has 31 heavy (non-hydrogen) atoms. The van der Waals surface area contributed by atoms with Gasteiger partial charge in [0.05, 0.1) is 12.7 Å². The summed E-state index contributed by atoms with van der Waals surface area (Å²) in [5, 5.41) is 22.1. The number of aliphatic hydroxyl groups excluding tert-OH is 1. The van der Waals surface area contributed by atoms with Crippen molar-refractivity contribution >= 4 is 18.0 Å². The Labute approximate surface area is 184 Å². The van der Waals surface area contributed by atoms with Gasteiger partial charge in [-0.3, -0.25) is 4.79 Å². The highest BCUT2D eigenvalue weighted by Crippen LogP contribution is 2.26. The van der Waals surface area contributed by atoms with E-state index in [0.29, 0.717) is 6.42 Å². The van der Waals surface area contributed by atoms with Gasteiger partial charge in [0.15, 0.2) is 0 Å². The highest BCUT2D eigenvalue weighted by molar-refractivity contribution is 5.90. The number of hydrogen-bond donors (Lipinski definition) is 3. The van der Waals surface area contributed by atoms with Crippen LogP contribution in [0.3, 0.4) is 0 Å². The van der Waals surface area contributed by atoms with Crippen molar-refractivity contribution in [1.29, 1.82) is 0 Å². The molecule has 0 bridgehead atoms. The van der Waals surface area contributed by atoms with Crippen LogP contribution in [0.2, 0.25) is 0 Å². The smallest absolute Gasteiger partial charge is 0.408 e. The molecule has 0 spiro atoms. The molecule has 1 fully saturated rings. The summed E-state index contributed by atoms with van der Waals surface area (Å²) in [6, 6.07) is -2.19. The molecular weight excluding hydrogens is 404 g/mol.